The number of nitrogens with one attached hydrogen (secondary N) is 2. The van der Waals surface area contributed by atoms with Crippen LogP contribution in [0.3, 0.4) is 0 Å². The van der Waals surface area contributed by atoms with Gasteiger partial charge in [-0.25, -0.2) is 4.79 Å². The second-order valence-corrected chi connectivity index (χ2v) is 5.04. The van der Waals surface area contributed by atoms with Crippen molar-refractivity contribution in [3.8, 4) is 0 Å². The van der Waals surface area contributed by atoms with Crippen LogP contribution in [0.15, 0.2) is 24.3 Å². The van der Waals surface area contributed by atoms with E-state index in [2.05, 4.69) is 10.6 Å². The van der Waals surface area contributed by atoms with Crippen molar-refractivity contribution in [2.24, 2.45) is 0 Å². The largest absolute Gasteiger partial charge is 0.375 e. The molecule has 0 saturated carbocycles. The normalized spacial score (nSPS) is 18.2. The fourth-order valence-electron chi connectivity index (χ4n) is 2.09. The fourth-order valence-corrected chi connectivity index (χ4v) is 2.09. The molecule has 21 heavy (non-hydrogen) atoms. The van der Waals surface area contributed by atoms with Gasteiger partial charge in [0.1, 0.15) is 0 Å². The second kappa shape index (κ2) is 7.08. The number of benzene rings is 1. The molecule has 6 heteroatoms. The van der Waals surface area contributed by atoms with Crippen LogP contribution in [0.25, 0.3) is 0 Å². The van der Waals surface area contributed by atoms with Crippen molar-refractivity contribution >= 4 is 23.3 Å². The molecule has 1 aromatic rings. The maximum absolute atomic E-state index is 12.1. The van der Waals surface area contributed by atoms with Crippen LogP contribution in [-0.4, -0.2) is 42.6 Å². The summed E-state index contributed by atoms with van der Waals surface area (Å²) in [6.45, 7) is 5.51. The van der Waals surface area contributed by atoms with Gasteiger partial charge in [-0.3, -0.25) is 4.79 Å². The van der Waals surface area contributed by atoms with Gasteiger partial charge in [-0.2, -0.15) is 0 Å². The van der Waals surface area contributed by atoms with Crippen molar-refractivity contribution in [3.05, 3.63) is 24.3 Å². The summed E-state index contributed by atoms with van der Waals surface area (Å²) in [4.78, 5) is 25.1. The summed E-state index contributed by atoms with van der Waals surface area (Å²) in [5.41, 5.74) is 1.42. The number of carbonyl (C=O) groups excluding carboxylic acids is 2. The van der Waals surface area contributed by atoms with Gasteiger partial charge in [0.2, 0.25) is 5.91 Å². The Hall–Kier alpha value is -2.08. The SMILES string of the molecule is CCC(=O)Nc1ccc(NC(=O)N2CCO[C@H](C)C2)cc1. The molecular weight excluding hydrogens is 270 g/mol. The number of anilines is 2. The molecule has 1 aromatic carbocycles. The van der Waals surface area contributed by atoms with Crippen LogP contribution in [0.4, 0.5) is 16.2 Å². The molecule has 1 saturated heterocycles. The van der Waals surface area contributed by atoms with Gasteiger partial charge in [-0.1, -0.05) is 6.92 Å². The number of morpholine rings is 1. The molecule has 1 fully saturated rings. The van der Waals surface area contributed by atoms with Crippen LogP contribution in [0, 0.1) is 0 Å². The van der Waals surface area contributed by atoms with E-state index in [1.165, 1.54) is 0 Å². The molecule has 1 heterocycles. The van der Waals surface area contributed by atoms with E-state index in [0.29, 0.717) is 31.8 Å². The summed E-state index contributed by atoms with van der Waals surface area (Å²) in [6, 6.07) is 6.95. The molecule has 0 radical (unpaired) electrons. The zero-order chi connectivity index (χ0) is 15.2. The number of ether oxygens (including phenoxy) is 1. The highest BCUT2D eigenvalue weighted by atomic mass is 16.5. The lowest BCUT2D eigenvalue weighted by Crippen LogP contribution is -2.46. The molecule has 0 bridgehead atoms. The number of rotatable bonds is 3. The Kier molecular flexibility index (Phi) is 5.16. The molecule has 114 valence electrons. The van der Waals surface area contributed by atoms with Crippen LogP contribution in [0.1, 0.15) is 20.3 Å². The average Bonchev–Trinajstić information content (AvgIpc) is 2.49. The molecule has 2 rings (SSSR count). The highest BCUT2D eigenvalue weighted by Crippen LogP contribution is 2.15. The molecule has 0 aliphatic carbocycles. The molecule has 6 nitrogen and oxygen atoms in total. The predicted molar refractivity (Wildman–Crippen MR) is 81.4 cm³/mol. The maximum Gasteiger partial charge on any atom is 0.322 e. The van der Waals surface area contributed by atoms with E-state index in [9.17, 15) is 9.59 Å². The highest BCUT2D eigenvalue weighted by Gasteiger charge is 2.21. The second-order valence-electron chi connectivity index (χ2n) is 5.04. The van der Waals surface area contributed by atoms with Gasteiger partial charge in [-0.05, 0) is 31.2 Å². The van der Waals surface area contributed by atoms with Crippen LogP contribution in [0.5, 0.6) is 0 Å². The first-order valence-corrected chi connectivity index (χ1v) is 7.16. The van der Waals surface area contributed by atoms with Crippen molar-refractivity contribution < 1.29 is 14.3 Å². The predicted octanol–water partition coefficient (Wildman–Crippen LogP) is 2.29. The van der Waals surface area contributed by atoms with E-state index in [1.54, 1.807) is 36.1 Å². The molecule has 1 aliphatic heterocycles. The third-order valence-corrected chi connectivity index (χ3v) is 3.27. The van der Waals surface area contributed by atoms with E-state index in [1.807, 2.05) is 6.92 Å². The van der Waals surface area contributed by atoms with Crippen molar-refractivity contribution in [2.45, 2.75) is 26.4 Å². The van der Waals surface area contributed by atoms with Crippen LogP contribution < -0.4 is 10.6 Å². The zero-order valence-electron chi connectivity index (χ0n) is 12.4. The number of amides is 3. The van der Waals surface area contributed by atoms with Gasteiger partial charge >= 0.3 is 6.03 Å². The summed E-state index contributed by atoms with van der Waals surface area (Å²) in [5, 5.41) is 5.61. The van der Waals surface area contributed by atoms with Gasteiger partial charge in [0.25, 0.3) is 0 Å². The minimum Gasteiger partial charge on any atom is -0.375 e. The molecule has 0 unspecified atom stereocenters. The van der Waals surface area contributed by atoms with Gasteiger partial charge in [0.05, 0.1) is 12.7 Å². The van der Waals surface area contributed by atoms with Crippen LogP contribution >= 0.6 is 0 Å². The number of hydrogen-bond donors (Lipinski definition) is 2. The summed E-state index contributed by atoms with van der Waals surface area (Å²) in [5.74, 6) is -0.0333. The van der Waals surface area contributed by atoms with Crippen molar-refractivity contribution in [3.63, 3.8) is 0 Å². The van der Waals surface area contributed by atoms with E-state index >= 15 is 0 Å². The quantitative estimate of drug-likeness (QED) is 0.897. The summed E-state index contributed by atoms with van der Waals surface area (Å²) >= 11 is 0. The van der Waals surface area contributed by atoms with Gasteiger partial charge in [-0.15, -0.1) is 0 Å². The van der Waals surface area contributed by atoms with Crippen LogP contribution in [0.2, 0.25) is 0 Å². The zero-order valence-corrected chi connectivity index (χ0v) is 12.4. The lowest BCUT2D eigenvalue weighted by molar-refractivity contribution is -0.115. The van der Waals surface area contributed by atoms with Crippen molar-refractivity contribution in [1.82, 2.24) is 4.90 Å². The van der Waals surface area contributed by atoms with E-state index < -0.39 is 0 Å². The molecule has 1 aliphatic rings. The number of carbonyl (C=O) groups is 2. The minimum absolute atomic E-state index is 0.0333. The third-order valence-electron chi connectivity index (χ3n) is 3.27. The number of nitrogens with zero attached hydrogens (tertiary/aromatic N) is 1. The Morgan fingerprint density at radius 2 is 1.86 bits per heavy atom. The topological polar surface area (TPSA) is 70.7 Å². The van der Waals surface area contributed by atoms with Crippen LogP contribution in [-0.2, 0) is 9.53 Å². The summed E-state index contributed by atoms with van der Waals surface area (Å²) in [7, 11) is 0. The lowest BCUT2D eigenvalue weighted by atomic mass is 10.2. The maximum atomic E-state index is 12.1. The first-order chi connectivity index (χ1) is 10.1. The molecule has 3 amide bonds. The summed E-state index contributed by atoms with van der Waals surface area (Å²) in [6.07, 6.45) is 0.504. The van der Waals surface area contributed by atoms with Gasteiger partial charge < -0.3 is 20.3 Å². The van der Waals surface area contributed by atoms with Gasteiger partial charge in [0, 0.05) is 30.9 Å². The smallest absolute Gasteiger partial charge is 0.322 e. The fraction of sp³-hybridized carbons (Fsp3) is 0.467. The first kappa shape index (κ1) is 15.3. The Labute approximate surface area is 124 Å². The minimum atomic E-state index is -0.129. The number of hydrogen-bond acceptors (Lipinski definition) is 3. The lowest BCUT2D eigenvalue weighted by Gasteiger charge is -2.31. The monoisotopic (exact) mass is 291 g/mol. The van der Waals surface area contributed by atoms with E-state index in [-0.39, 0.29) is 18.0 Å². The third kappa shape index (κ3) is 4.46. The van der Waals surface area contributed by atoms with Crippen molar-refractivity contribution in [2.75, 3.05) is 30.3 Å². The number of urea groups is 1. The first-order valence-electron chi connectivity index (χ1n) is 7.16. The molecular formula is C15H21N3O3. The Balaban J connectivity index is 1.90. The van der Waals surface area contributed by atoms with Gasteiger partial charge in [0.15, 0.2) is 0 Å². The Morgan fingerprint density at radius 3 is 2.43 bits per heavy atom. The Bertz CT molecular complexity index is 501. The van der Waals surface area contributed by atoms with Crippen molar-refractivity contribution in [1.29, 1.82) is 0 Å². The molecule has 1 atom stereocenters. The summed E-state index contributed by atoms with van der Waals surface area (Å²) < 4.78 is 5.41. The highest BCUT2D eigenvalue weighted by molar-refractivity contribution is 5.92. The molecule has 0 aromatic heterocycles. The molecule has 2 N–H and O–H groups in total. The standard InChI is InChI=1S/C15H21N3O3/c1-3-14(19)16-12-4-6-13(7-5-12)17-15(20)18-8-9-21-11(2)10-18/h4-7,11H,3,8-10H2,1-2H3,(H,16,19)(H,17,20)/t11-/m1/s1. The Morgan fingerprint density at radius 1 is 1.24 bits per heavy atom. The van der Waals surface area contributed by atoms with E-state index in [4.69, 9.17) is 4.74 Å². The van der Waals surface area contributed by atoms with E-state index in [0.717, 1.165) is 5.69 Å². The molecule has 0 spiro atoms. The average molecular weight is 291 g/mol.